The van der Waals surface area contributed by atoms with Crippen molar-refractivity contribution in [3.05, 3.63) is 24.3 Å². The number of aromatic hydroxyl groups is 1. The number of carbonyl (C=O) groups excluding carboxylic acids is 1. The Morgan fingerprint density at radius 1 is 1.24 bits per heavy atom. The van der Waals surface area contributed by atoms with Crippen molar-refractivity contribution in [3.63, 3.8) is 0 Å². The lowest BCUT2D eigenvalue weighted by atomic mass is 10.2. The van der Waals surface area contributed by atoms with Crippen LogP contribution >= 0.6 is 0 Å². The minimum absolute atomic E-state index is 0.298. The molecule has 0 unspecified atom stereocenters. The van der Waals surface area contributed by atoms with E-state index in [1.165, 1.54) is 0 Å². The Morgan fingerprint density at radius 3 is 2.45 bits per heavy atom. The molecule has 29 heavy (non-hydrogen) atoms. The van der Waals surface area contributed by atoms with Crippen LogP contribution in [0, 0.1) is 0 Å². The van der Waals surface area contributed by atoms with Crippen LogP contribution in [0.5, 0.6) is 5.75 Å². The summed E-state index contributed by atoms with van der Waals surface area (Å²) in [4.78, 5) is 22.7. The molecule has 1 aliphatic rings. The highest BCUT2D eigenvalue weighted by Crippen LogP contribution is 2.27. The zero-order valence-electron chi connectivity index (χ0n) is 18.3. The molecule has 0 saturated carbocycles. The van der Waals surface area contributed by atoms with E-state index >= 15 is 0 Å². The number of nitrogens with one attached hydrogen (secondary N) is 1. The van der Waals surface area contributed by atoms with Crippen molar-refractivity contribution in [3.8, 4) is 5.75 Å². The largest absolute Gasteiger partial charge is 0.506 e. The van der Waals surface area contributed by atoms with Crippen LogP contribution in [0.25, 0.3) is 0 Å². The van der Waals surface area contributed by atoms with E-state index in [9.17, 15) is 9.90 Å². The van der Waals surface area contributed by atoms with Gasteiger partial charge in [-0.1, -0.05) is 12.1 Å². The van der Waals surface area contributed by atoms with E-state index in [4.69, 9.17) is 4.74 Å². The molecule has 1 fully saturated rings. The third kappa shape index (κ3) is 6.73. The minimum Gasteiger partial charge on any atom is -0.506 e. The van der Waals surface area contributed by atoms with Gasteiger partial charge in [-0.05, 0) is 39.8 Å². The smallest absolute Gasteiger partial charge is 0.410 e. The molecule has 0 radical (unpaired) electrons. The SMILES string of the molecule is CCN(CCNC(=NC)N1CCN(c2ccccc2O)CC1)C(=O)OC(C)(C)C. The van der Waals surface area contributed by atoms with E-state index in [1.54, 1.807) is 18.0 Å². The number of para-hydroxylation sites is 2. The number of phenolic OH excluding ortho intramolecular Hbond substituents is 1. The predicted octanol–water partition coefficient (Wildman–Crippen LogP) is 2.35. The van der Waals surface area contributed by atoms with Gasteiger partial charge in [-0.15, -0.1) is 0 Å². The molecule has 8 heteroatoms. The number of hydrogen-bond donors (Lipinski definition) is 2. The Hall–Kier alpha value is -2.64. The first-order valence-corrected chi connectivity index (χ1v) is 10.2. The molecule has 0 spiro atoms. The maximum atomic E-state index is 12.2. The van der Waals surface area contributed by atoms with E-state index in [1.807, 2.05) is 45.9 Å². The molecule has 1 heterocycles. The number of benzene rings is 1. The highest BCUT2D eigenvalue weighted by atomic mass is 16.6. The number of amides is 1. The fourth-order valence-corrected chi connectivity index (χ4v) is 3.23. The number of aliphatic imine (C=N–C) groups is 1. The van der Waals surface area contributed by atoms with Crippen LogP contribution in [0.2, 0.25) is 0 Å². The number of anilines is 1. The quantitative estimate of drug-likeness (QED) is 0.578. The Labute approximate surface area is 174 Å². The first-order valence-electron chi connectivity index (χ1n) is 10.2. The van der Waals surface area contributed by atoms with Crippen LogP contribution in [0.3, 0.4) is 0 Å². The number of carbonyl (C=O) groups is 1. The second kappa shape index (κ2) is 10.2. The highest BCUT2D eigenvalue weighted by Gasteiger charge is 2.23. The van der Waals surface area contributed by atoms with Crippen molar-refractivity contribution in [1.82, 2.24) is 15.1 Å². The second-order valence-electron chi connectivity index (χ2n) is 8.00. The molecule has 8 nitrogen and oxygen atoms in total. The first-order chi connectivity index (χ1) is 13.7. The van der Waals surface area contributed by atoms with Crippen molar-refractivity contribution in [2.45, 2.75) is 33.3 Å². The average molecular weight is 406 g/mol. The van der Waals surface area contributed by atoms with Gasteiger partial charge in [0.25, 0.3) is 0 Å². The van der Waals surface area contributed by atoms with Gasteiger partial charge in [-0.3, -0.25) is 4.99 Å². The molecule has 2 rings (SSSR count). The van der Waals surface area contributed by atoms with E-state index in [2.05, 4.69) is 20.1 Å². The van der Waals surface area contributed by atoms with Crippen molar-refractivity contribution < 1.29 is 14.6 Å². The maximum absolute atomic E-state index is 12.2. The molecule has 1 saturated heterocycles. The third-order valence-corrected chi connectivity index (χ3v) is 4.71. The fourth-order valence-electron chi connectivity index (χ4n) is 3.23. The number of hydrogen-bond acceptors (Lipinski definition) is 5. The van der Waals surface area contributed by atoms with E-state index in [-0.39, 0.29) is 6.09 Å². The number of piperazine rings is 1. The molecule has 2 N–H and O–H groups in total. The molecule has 0 atom stereocenters. The average Bonchev–Trinajstić information content (AvgIpc) is 2.67. The van der Waals surface area contributed by atoms with Crippen molar-refractivity contribution >= 4 is 17.7 Å². The first kappa shape index (κ1) is 22.6. The maximum Gasteiger partial charge on any atom is 0.410 e. The Kier molecular flexibility index (Phi) is 7.99. The molecule has 1 aromatic rings. The van der Waals surface area contributed by atoms with Crippen LogP contribution in [0.4, 0.5) is 10.5 Å². The van der Waals surface area contributed by atoms with Crippen LogP contribution < -0.4 is 10.2 Å². The summed E-state index contributed by atoms with van der Waals surface area (Å²) < 4.78 is 5.45. The van der Waals surface area contributed by atoms with E-state index in [0.29, 0.717) is 25.4 Å². The lowest BCUT2D eigenvalue weighted by Gasteiger charge is -2.38. The molecule has 1 aliphatic heterocycles. The number of nitrogens with zero attached hydrogens (tertiary/aromatic N) is 4. The molecule has 0 aromatic heterocycles. The number of phenols is 1. The summed E-state index contributed by atoms with van der Waals surface area (Å²) in [6.45, 7) is 12.5. The summed E-state index contributed by atoms with van der Waals surface area (Å²) in [7, 11) is 1.77. The highest BCUT2D eigenvalue weighted by molar-refractivity contribution is 5.80. The number of rotatable bonds is 5. The Balaban J connectivity index is 1.82. The normalized spacial score (nSPS) is 15.3. The van der Waals surface area contributed by atoms with Gasteiger partial charge in [0, 0.05) is 52.9 Å². The number of guanidine groups is 1. The second-order valence-corrected chi connectivity index (χ2v) is 8.00. The van der Waals surface area contributed by atoms with Crippen molar-refractivity contribution in [2.24, 2.45) is 4.99 Å². The van der Waals surface area contributed by atoms with Gasteiger partial charge in [0.15, 0.2) is 5.96 Å². The summed E-state index contributed by atoms with van der Waals surface area (Å²) >= 11 is 0. The Bertz CT molecular complexity index is 694. The zero-order chi connectivity index (χ0) is 21.4. The summed E-state index contributed by atoms with van der Waals surface area (Å²) in [5.74, 6) is 1.13. The van der Waals surface area contributed by atoms with Gasteiger partial charge < -0.3 is 29.9 Å². The van der Waals surface area contributed by atoms with Gasteiger partial charge in [-0.2, -0.15) is 0 Å². The van der Waals surface area contributed by atoms with Gasteiger partial charge >= 0.3 is 6.09 Å². The molecular formula is C21H35N5O3. The summed E-state index contributed by atoms with van der Waals surface area (Å²) in [5.41, 5.74) is 0.368. The predicted molar refractivity (Wildman–Crippen MR) is 117 cm³/mol. The van der Waals surface area contributed by atoms with Gasteiger partial charge in [0.1, 0.15) is 11.4 Å². The Morgan fingerprint density at radius 2 is 1.90 bits per heavy atom. The van der Waals surface area contributed by atoms with Crippen LogP contribution in [0.1, 0.15) is 27.7 Å². The summed E-state index contributed by atoms with van der Waals surface area (Å²) in [5, 5.41) is 13.4. The summed E-state index contributed by atoms with van der Waals surface area (Å²) in [6.07, 6.45) is -0.298. The van der Waals surface area contributed by atoms with Crippen LogP contribution in [-0.2, 0) is 4.74 Å². The third-order valence-electron chi connectivity index (χ3n) is 4.71. The molecular weight excluding hydrogens is 370 g/mol. The lowest BCUT2D eigenvalue weighted by molar-refractivity contribution is 0.0263. The number of likely N-dealkylation sites (N-methyl/N-ethyl adjacent to an activating group) is 1. The van der Waals surface area contributed by atoms with Crippen molar-refractivity contribution in [2.75, 3.05) is 57.8 Å². The summed E-state index contributed by atoms with van der Waals surface area (Å²) in [6, 6.07) is 7.42. The van der Waals surface area contributed by atoms with Gasteiger partial charge in [0.2, 0.25) is 0 Å². The topological polar surface area (TPSA) is 80.6 Å². The van der Waals surface area contributed by atoms with E-state index < -0.39 is 5.60 Å². The number of ether oxygens (including phenoxy) is 1. The van der Waals surface area contributed by atoms with Gasteiger partial charge in [0.05, 0.1) is 5.69 Å². The van der Waals surface area contributed by atoms with Crippen LogP contribution in [0.15, 0.2) is 29.3 Å². The van der Waals surface area contributed by atoms with Crippen LogP contribution in [-0.4, -0.2) is 85.4 Å². The van der Waals surface area contributed by atoms with E-state index in [0.717, 1.165) is 37.8 Å². The minimum atomic E-state index is -0.499. The standard InChI is InChI=1S/C21H35N5O3/c1-6-24(20(28)29-21(2,3)4)12-11-23-19(22-5)26-15-13-25(14-16-26)17-9-7-8-10-18(17)27/h7-10,27H,6,11-16H2,1-5H3,(H,22,23). The molecule has 1 aromatic carbocycles. The molecule has 0 aliphatic carbocycles. The molecule has 1 amide bonds. The lowest BCUT2D eigenvalue weighted by Crippen LogP contribution is -2.53. The monoisotopic (exact) mass is 405 g/mol. The van der Waals surface area contributed by atoms with Crippen molar-refractivity contribution in [1.29, 1.82) is 0 Å². The molecule has 0 bridgehead atoms. The zero-order valence-corrected chi connectivity index (χ0v) is 18.3. The van der Waals surface area contributed by atoms with Gasteiger partial charge in [-0.25, -0.2) is 4.79 Å². The fraction of sp³-hybridized carbons (Fsp3) is 0.619. The molecule has 162 valence electrons.